The van der Waals surface area contributed by atoms with Crippen LogP contribution in [0, 0.1) is 10.5 Å². The molecule has 0 aliphatic carbocycles. The average molecular weight is 376 g/mol. The first-order valence-electron chi connectivity index (χ1n) is 6.28. The number of hydrogen-bond donors (Lipinski definition) is 2. The molecule has 0 saturated heterocycles. The zero-order chi connectivity index (χ0) is 14.1. The second-order valence-corrected chi connectivity index (χ2v) is 5.88. The lowest BCUT2D eigenvalue weighted by Crippen LogP contribution is -2.13. The molecule has 0 radical (unpaired) electrons. The van der Waals surface area contributed by atoms with E-state index >= 15 is 0 Å². The maximum Gasteiger partial charge on any atom is 0.256 e. The first-order valence-corrected chi connectivity index (χ1v) is 7.36. The van der Waals surface area contributed by atoms with E-state index in [2.05, 4.69) is 32.9 Å². The summed E-state index contributed by atoms with van der Waals surface area (Å²) < 4.78 is 0.952. The van der Waals surface area contributed by atoms with Crippen molar-refractivity contribution >= 4 is 45.1 Å². The lowest BCUT2D eigenvalue weighted by molar-refractivity contribution is 0.102. The van der Waals surface area contributed by atoms with Crippen molar-refractivity contribution in [2.45, 2.75) is 6.92 Å². The molecule has 0 atom stereocenters. The number of aromatic nitrogens is 1. The molecule has 1 amide bonds. The largest absolute Gasteiger partial charge is 0.361 e. The van der Waals surface area contributed by atoms with Gasteiger partial charge in [0.05, 0.1) is 5.56 Å². The summed E-state index contributed by atoms with van der Waals surface area (Å²) >= 11 is 2.18. The Morgan fingerprint density at radius 1 is 1.15 bits per heavy atom. The number of fused-ring (bicyclic) bond motifs is 1. The highest BCUT2D eigenvalue weighted by Crippen LogP contribution is 2.20. The van der Waals surface area contributed by atoms with Crippen molar-refractivity contribution in [3.63, 3.8) is 0 Å². The number of nitrogens with one attached hydrogen (secondary N) is 2. The zero-order valence-electron chi connectivity index (χ0n) is 10.9. The summed E-state index contributed by atoms with van der Waals surface area (Å²) in [5.74, 6) is -0.0759. The molecule has 0 bridgehead atoms. The topological polar surface area (TPSA) is 44.9 Å². The van der Waals surface area contributed by atoms with Gasteiger partial charge in [0, 0.05) is 26.4 Å². The van der Waals surface area contributed by atoms with Gasteiger partial charge < -0.3 is 10.3 Å². The molecule has 20 heavy (non-hydrogen) atoms. The maximum absolute atomic E-state index is 12.3. The van der Waals surface area contributed by atoms with Crippen LogP contribution in [0.15, 0.2) is 48.7 Å². The first-order chi connectivity index (χ1) is 9.63. The van der Waals surface area contributed by atoms with Gasteiger partial charge >= 0.3 is 0 Å². The van der Waals surface area contributed by atoms with E-state index in [1.54, 1.807) is 0 Å². The monoisotopic (exact) mass is 376 g/mol. The number of halogens is 1. The molecule has 3 rings (SSSR count). The number of aromatic amines is 1. The van der Waals surface area contributed by atoms with Crippen molar-refractivity contribution in [2.75, 3.05) is 5.32 Å². The Kier molecular flexibility index (Phi) is 3.48. The van der Waals surface area contributed by atoms with E-state index in [0.29, 0.717) is 5.56 Å². The molecule has 0 unspecified atom stereocenters. The van der Waals surface area contributed by atoms with Crippen LogP contribution >= 0.6 is 22.6 Å². The molecule has 0 saturated carbocycles. The van der Waals surface area contributed by atoms with Crippen molar-refractivity contribution < 1.29 is 4.79 Å². The van der Waals surface area contributed by atoms with Gasteiger partial charge in [0.2, 0.25) is 0 Å². The number of H-pyrrole nitrogens is 1. The molecular formula is C16H13IN2O. The van der Waals surface area contributed by atoms with E-state index in [0.717, 1.165) is 25.7 Å². The summed E-state index contributed by atoms with van der Waals surface area (Å²) in [6.07, 6.45) is 1.89. The molecule has 2 N–H and O–H groups in total. The van der Waals surface area contributed by atoms with Crippen molar-refractivity contribution in [3.05, 3.63) is 63.4 Å². The Hall–Kier alpha value is -1.82. The van der Waals surface area contributed by atoms with E-state index in [1.807, 2.05) is 55.6 Å². The Morgan fingerprint density at radius 3 is 2.85 bits per heavy atom. The molecule has 0 aliphatic rings. The quantitative estimate of drug-likeness (QED) is 0.643. The van der Waals surface area contributed by atoms with Crippen molar-refractivity contribution in [2.24, 2.45) is 0 Å². The van der Waals surface area contributed by atoms with Gasteiger partial charge in [-0.05, 0) is 65.9 Å². The average Bonchev–Trinajstić information content (AvgIpc) is 2.89. The van der Waals surface area contributed by atoms with Gasteiger partial charge in [-0.1, -0.05) is 11.6 Å². The molecule has 0 aliphatic heterocycles. The number of carbonyl (C=O) groups is 1. The smallest absolute Gasteiger partial charge is 0.256 e. The predicted molar refractivity (Wildman–Crippen MR) is 90.1 cm³/mol. The lowest BCUT2D eigenvalue weighted by Gasteiger charge is -2.08. The van der Waals surface area contributed by atoms with Gasteiger partial charge in [0.25, 0.3) is 5.91 Å². The highest BCUT2D eigenvalue weighted by molar-refractivity contribution is 14.1. The summed E-state index contributed by atoms with van der Waals surface area (Å²) in [7, 11) is 0. The van der Waals surface area contributed by atoms with Crippen LogP contribution in [0.25, 0.3) is 10.9 Å². The third-order valence-electron chi connectivity index (χ3n) is 3.18. The fraction of sp³-hybridized carbons (Fsp3) is 0.0625. The Labute approximate surface area is 130 Å². The third-order valence-corrected chi connectivity index (χ3v) is 4.12. The van der Waals surface area contributed by atoms with Gasteiger partial charge in [-0.3, -0.25) is 4.79 Å². The van der Waals surface area contributed by atoms with Gasteiger partial charge in [-0.2, -0.15) is 0 Å². The number of amides is 1. The molecule has 3 nitrogen and oxygen atoms in total. The van der Waals surface area contributed by atoms with Crippen LogP contribution < -0.4 is 5.32 Å². The molecule has 0 spiro atoms. The van der Waals surface area contributed by atoms with Crippen LogP contribution in [0.1, 0.15) is 15.9 Å². The fourth-order valence-electron chi connectivity index (χ4n) is 2.14. The van der Waals surface area contributed by atoms with Crippen LogP contribution in [0.2, 0.25) is 0 Å². The normalized spacial score (nSPS) is 10.7. The first kappa shape index (κ1) is 13.2. The standard InChI is InChI=1S/C16H13IN2O/c1-10-2-4-14(17)13(8-10)16(20)19-12-3-5-15-11(9-12)6-7-18-15/h2-9,18H,1H3,(H,19,20). The van der Waals surface area contributed by atoms with E-state index in [-0.39, 0.29) is 5.91 Å². The molecule has 3 aromatic rings. The van der Waals surface area contributed by atoms with Crippen molar-refractivity contribution in [1.29, 1.82) is 0 Å². The molecular weight excluding hydrogens is 363 g/mol. The summed E-state index contributed by atoms with van der Waals surface area (Å²) in [6, 6.07) is 13.7. The third kappa shape index (κ3) is 2.56. The fourth-order valence-corrected chi connectivity index (χ4v) is 2.72. The second-order valence-electron chi connectivity index (χ2n) is 4.72. The van der Waals surface area contributed by atoms with Crippen LogP contribution in [-0.2, 0) is 0 Å². The minimum Gasteiger partial charge on any atom is -0.361 e. The number of anilines is 1. The van der Waals surface area contributed by atoms with Crippen molar-refractivity contribution in [3.8, 4) is 0 Å². The summed E-state index contributed by atoms with van der Waals surface area (Å²) in [6.45, 7) is 1.98. The minimum absolute atomic E-state index is 0.0759. The van der Waals surface area contributed by atoms with E-state index in [1.165, 1.54) is 0 Å². The lowest BCUT2D eigenvalue weighted by atomic mass is 10.1. The molecule has 100 valence electrons. The van der Waals surface area contributed by atoms with Crippen LogP contribution in [0.5, 0.6) is 0 Å². The van der Waals surface area contributed by atoms with Crippen LogP contribution in [0.4, 0.5) is 5.69 Å². The number of aryl methyl sites for hydroxylation is 1. The molecule has 4 heteroatoms. The van der Waals surface area contributed by atoms with Crippen LogP contribution in [-0.4, -0.2) is 10.9 Å². The van der Waals surface area contributed by atoms with Gasteiger partial charge in [-0.15, -0.1) is 0 Å². The van der Waals surface area contributed by atoms with E-state index in [4.69, 9.17) is 0 Å². The highest BCUT2D eigenvalue weighted by atomic mass is 127. The summed E-state index contributed by atoms with van der Waals surface area (Å²) in [5, 5.41) is 4.04. The van der Waals surface area contributed by atoms with E-state index < -0.39 is 0 Å². The number of benzene rings is 2. The van der Waals surface area contributed by atoms with E-state index in [9.17, 15) is 4.79 Å². The Morgan fingerprint density at radius 2 is 2.00 bits per heavy atom. The summed E-state index contributed by atoms with van der Waals surface area (Å²) in [4.78, 5) is 15.5. The zero-order valence-corrected chi connectivity index (χ0v) is 13.1. The summed E-state index contributed by atoms with van der Waals surface area (Å²) in [5.41, 5.74) is 3.66. The van der Waals surface area contributed by atoms with Gasteiger partial charge in [0.15, 0.2) is 0 Å². The molecule has 1 heterocycles. The Balaban J connectivity index is 1.89. The highest BCUT2D eigenvalue weighted by Gasteiger charge is 2.10. The minimum atomic E-state index is -0.0759. The molecule has 0 fully saturated rings. The number of carbonyl (C=O) groups excluding carboxylic acids is 1. The second kappa shape index (κ2) is 5.28. The number of hydrogen-bond acceptors (Lipinski definition) is 1. The SMILES string of the molecule is Cc1ccc(I)c(C(=O)Nc2ccc3[nH]ccc3c2)c1. The van der Waals surface area contributed by atoms with Crippen LogP contribution in [0.3, 0.4) is 0 Å². The Bertz CT molecular complexity index is 792. The molecule has 2 aromatic carbocycles. The van der Waals surface area contributed by atoms with Crippen molar-refractivity contribution in [1.82, 2.24) is 4.98 Å². The van der Waals surface area contributed by atoms with Gasteiger partial charge in [-0.25, -0.2) is 0 Å². The van der Waals surface area contributed by atoms with Gasteiger partial charge in [0.1, 0.15) is 0 Å². The molecule has 1 aromatic heterocycles. The predicted octanol–water partition coefficient (Wildman–Crippen LogP) is 4.33. The maximum atomic E-state index is 12.3. The number of rotatable bonds is 2.